The molecule has 1 aliphatic heterocycles. The van der Waals surface area contributed by atoms with Gasteiger partial charge >= 0.3 is 0 Å². The Balaban J connectivity index is 2.34. The van der Waals surface area contributed by atoms with Crippen LogP contribution in [0.2, 0.25) is 0 Å². The Kier molecular flexibility index (Phi) is 4.36. The van der Waals surface area contributed by atoms with Crippen molar-refractivity contribution in [3.8, 4) is 11.5 Å². The summed E-state index contributed by atoms with van der Waals surface area (Å²) in [7, 11) is 0. The molecule has 2 heteroatoms. The third-order valence-electron chi connectivity index (χ3n) is 4.62. The Hall–Kier alpha value is -1.44. The molecule has 0 spiro atoms. The summed E-state index contributed by atoms with van der Waals surface area (Å²) in [4.78, 5) is 0. The summed E-state index contributed by atoms with van der Waals surface area (Å²) in [5.41, 5.74) is 3.91. The molecule has 0 radical (unpaired) electrons. The first-order valence-electron chi connectivity index (χ1n) is 7.93. The molecule has 1 unspecified atom stereocenters. The van der Waals surface area contributed by atoms with E-state index in [1.54, 1.807) is 0 Å². The first kappa shape index (κ1) is 15.9. The van der Waals surface area contributed by atoms with Crippen LogP contribution in [0.25, 0.3) is 0 Å². The molecule has 1 heterocycles. The Morgan fingerprint density at radius 1 is 1.19 bits per heavy atom. The molecule has 21 heavy (non-hydrogen) atoms. The SMILES string of the molecule is Cc1c(C)c2c(c(C)c1O)CCC(C)(C=CCC(C)C)O2. The molecule has 2 nitrogen and oxygen atoms in total. The smallest absolute Gasteiger partial charge is 0.127 e. The van der Waals surface area contributed by atoms with Gasteiger partial charge in [-0.3, -0.25) is 0 Å². The second-order valence-corrected chi connectivity index (χ2v) is 6.98. The van der Waals surface area contributed by atoms with Gasteiger partial charge in [0.2, 0.25) is 0 Å². The number of ether oxygens (including phenoxy) is 1. The molecule has 1 N–H and O–H groups in total. The molecule has 0 amide bonds. The number of hydrogen-bond acceptors (Lipinski definition) is 2. The molecular formula is C19H28O2. The van der Waals surface area contributed by atoms with Gasteiger partial charge in [0.1, 0.15) is 17.1 Å². The number of hydrogen-bond donors (Lipinski definition) is 1. The summed E-state index contributed by atoms with van der Waals surface area (Å²) in [6.07, 6.45) is 7.45. The van der Waals surface area contributed by atoms with Crippen LogP contribution in [-0.4, -0.2) is 10.7 Å². The van der Waals surface area contributed by atoms with Crippen LogP contribution < -0.4 is 4.74 Å². The maximum absolute atomic E-state index is 10.2. The van der Waals surface area contributed by atoms with E-state index in [4.69, 9.17) is 4.74 Å². The molecule has 0 saturated heterocycles. The van der Waals surface area contributed by atoms with E-state index in [0.717, 1.165) is 41.7 Å². The minimum absolute atomic E-state index is 0.234. The second-order valence-electron chi connectivity index (χ2n) is 6.98. The predicted octanol–water partition coefficient (Wildman–Crippen LogP) is 5.00. The number of allylic oxidation sites excluding steroid dienone is 1. The monoisotopic (exact) mass is 288 g/mol. The number of aromatic hydroxyl groups is 1. The van der Waals surface area contributed by atoms with E-state index in [9.17, 15) is 5.11 Å². The third-order valence-corrected chi connectivity index (χ3v) is 4.62. The molecule has 116 valence electrons. The van der Waals surface area contributed by atoms with E-state index >= 15 is 0 Å². The molecule has 1 aliphatic rings. The Bertz CT molecular complexity index is 570. The van der Waals surface area contributed by atoms with E-state index in [-0.39, 0.29) is 5.60 Å². The van der Waals surface area contributed by atoms with Crippen LogP contribution in [0.4, 0.5) is 0 Å². The molecule has 1 aromatic rings. The summed E-state index contributed by atoms with van der Waals surface area (Å²) < 4.78 is 6.35. The van der Waals surface area contributed by atoms with Crippen LogP contribution in [-0.2, 0) is 6.42 Å². The third kappa shape index (κ3) is 3.09. The van der Waals surface area contributed by atoms with Gasteiger partial charge < -0.3 is 9.84 Å². The van der Waals surface area contributed by atoms with Crippen LogP contribution in [0, 0.1) is 26.7 Å². The minimum Gasteiger partial charge on any atom is -0.507 e. The van der Waals surface area contributed by atoms with Crippen molar-refractivity contribution in [3.63, 3.8) is 0 Å². The Labute approximate surface area is 128 Å². The van der Waals surface area contributed by atoms with E-state index in [1.165, 1.54) is 5.56 Å². The highest BCUT2D eigenvalue weighted by Crippen LogP contribution is 2.43. The van der Waals surface area contributed by atoms with Crippen molar-refractivity contribution < 1.29 is 9.84 Å². The maximum atomic E-state index is 10.2. The van der Waals surface area contributed by atoms with Crippen molar-refractivity contribution in [2.24, 2.45) is 5.92 Å². The van der Waals surface area contributed by atoms with Gasteiger partial charge in [0.05, 0.1) is 0 Å². The second kappa shape index (κ2) is 5.75. The highest BCUT2D eigenvalue weighted by molar-refractivity contribution is 5.58. The van der Waals surface area contributed by atoms with Gasteiger partial charge in [-0.05, 0) is 75.6 Å². The van der Waals surface area contributed by atoms with Gasteiger partial charge in [0.15, 0.2) is 0 Å². The zero-order chi connectivity index (χ0) is 15.8. The summed E-state index contributed by atoms with van der Waals surface area (Å²) in [5, 5.41) is 10.2. The average Bonchev–Trinajstić information content (AvgIpc) is 2.42. The lowest BCUT2D eigenvalue weighted by Crippen LogP contribution is -2.35. The lowest BCUT2D eigenvalue weighted by molar-refractivity contribution is 0.112. The normalized spacial score (nSPS) is 21.7. The van der Waals surface area contributed by atoms with Crippen molar-refractivity contribution in [2.45, 2.75) is 66.4 Å². The first-order chi connectivity index (χ1) is 9.75. The number of phenols is 1. The van der Waals surface area contributed by atoms with E-state index in [1.807, 2.05) is 20.8 Å². The number of fused-ring (bicyclic) bond motifs is 1. The van der Waals surface area contributed by atoms with Crippen LogP contribution in [0.3, 0.4) is 0 Å². The van der Waals surface area contributed by atoms with Crippen molar-refractivity contribution >= 4 is 0 Å². The molecular weight excluding hydrogens is 260 g/mol. The van der Waals surface area contributed by atoms with Gasteiger partial charge in [0.25, 0.3) is 0 Å². The van der Waals surface area contributed by atoms with E-state index in [2.05, 4.69) is 32.9 Å². The summed E-state index contributed by atoms with van der Waals surface area (Å²) in [6, 6.07) is 0. The van der Waals surface area contributed by atoms with Crippen LogP contribution >= 0.6 is 0 Å². The summed E-state index contributed by atoms with van der Waals surface area (Å²) in [6.45, 7) is 12.6. The standard InChI is InChI=1S/C19H28O2/c1-12(2)8-7-10-19(6)11-9-16-15(5)17(20)13(3)14(4)18(16)21-19/h7,10,12,20H,8-9,11H2,1-6H3. The molecule has 1 aromatic carbocycles. The summed E-state index contributed by atoms with van der Waals surface area (Å²) in [5.74, 6) is 2.07. The lowest BCUT2D eigenvalue weighted by Gasteiger charge is -2.36. The highest BCUT2D eigenvalue weighted by atomic mass is 16.5. The lowest BCUT2D eigenvalue weighted by atomic mass is 9.86. The molecule has 2 rings (SSSR count). The Morgan fingerprint density at radius 2 is 1.86 bits per heavy atom. The van der Waals surface area contributed by atoms with Crippen molar-refractivity contribution in [2.75, 3.05) is 0 Å². The fourth-order valence-corrected chi connectivity index (χ4v) is 2.97. The van der Waals surface area contributed by atoms with Crippen molar-refractivity contribution in [1.82, 2.24) is 0 Å². The van der Waals surface area contributed by atoms with E-state index < -0.39 is 0 Å². The minimum atomic E-state index is -0.234. The molecule has 0 saturated carbocycles. The maximum Gasteiger partial charge on any atom is 0.127 e. The molecule has 1 atom stereocenters. The topological polar surface area (TPSA) is 29.5 Å². The fourth-order valence-electron chi connectivity index (χ4n) is 2.97. The van der Waals surface area contributed by atoms with Crippen molar-refractivity contribution in [3.05, 3.63) is 34.4 Å². The van der Waals surface area contributed by atoms with Gasteiger partial charge in [-0.1, -0.05) is 19.9 Å². The largest absolute Gasteiger partial charge is 0.507 e. The van der Waals surface area contributed by atoms with Gasteiger partial charge in [-0.15, -0.1) is 0 Å². The Morgan fingerprint density at radius 3 is 2.48 bits per heavy atom. The van der Waals surface area contributed by atoms with Gasteiger partial charge in [0, 0.05) is 5.56 Å². The highest BCUT2D eigenvalue weighted by Gasteiger charge is 2.32. The van der Waals surface area contributed by atoms with Gasteiger partial charge in [-0.2, -0.15) is 0 Å². The molecule has 0 aromatic heterocycles. The molecule has 0 bridgehead atoms. The zero-order valence-electron chi connectivity index (χ0n) is 14.2. The predicted molar refractivity (Wildman–Crippen MR) is 88.3 cm³/mol. The van der Waals surface area contributed by atoms with E-state index in [0.29, 0.717) is 11.7 Å². The number of benzene rings is 1. The quantitative estimate of drug-likeness (QED) is 0.793. The molecule has 0 fully saturated rings. The fraction of sp³-hybridized carbons (Fsp3) is 0.579. The first-order valence-corrected chi connectivity index (χ1v) is 7.93. The number of rotatable bonds is 3. The van der Waals surface area contributed by atoms with Crippen LogP contribution in [0.5, 0.6) is 11.5 Å². The van der Waals surface area contributed by atoms with Crippen molar-refractivity contribution in [1.29, 1.82) is 0 Å². The van der Waals surface area contributed by atoms with Gasteiger partial charge in [-0.25, -0.2) is 0 Å². The average molecular weight is 288 g/mol. The van der Waals surface area contributed by atoms with Crippen LogP contribution in [0.1, 0.15) is 55.9 Å². The molecule has 0 aliphatic carbocycles. The summed E-state index contributed by atoms with van der Waals surface area (Å²) >= 11 is 0. The van der Waals surface area contributed by atoms with Crippen LogP contribution in [0.15, 0.2) is 12.2 Å². The number of phenolic OH excluding ortho intramolecular Hbond substituents is 1. The zero-order valence-corrected chi connectivity index (χ0v) is 14.2.